The molecule has 0 aromatic heterocycles. The summed E-state index contributed by atoms with van der Waals surface area (Å²) in [6, 6.07) is 15.4. The molecule has 152 valence electrons. The molecule has 29 heavy (non-hydrogen) atoms. The Labute approximate surface area is 165 Å². The Kier molecular flexibility index (Phi) is 6.21. The lowest BCUT2D eigenvalue weighted by Crippen LogP contribution is -2.36. The van der Waals surface area contributed by atoms with Crippen LogP contribution >= 0.6 is 0 Å². The van der Waals surface area contributed by atoms with Crippen molar-refractivity contribution in [2.24, 2.45) is 0 Å². The largest absolute Gasteiger partial charge is 0.457 e. The van der Waals surface area contributed by atoms with Crippen molar-refractivity contribution in [3.63, 3.8) is 0 Å². The monoisotopic (exact) mass is 404 g/mol. The first-order chi connectivity index (χ1) is 13.8. The normalized spacial score (nSPS) is 16.8. The van der Waals surface area contributed by atoms with Gasteiger partial charge in [-0.3, -0.25) is 9.59 Å². The summed E-state index contributed by atoms with van der Waals surface area (Å²) in [6.07, 6.45) is -2.28. The summed E-state index contributed by atoms with van der Waals surface area (Å²) >= 11 is 0. The number of ketones is 1. The molecule has 3 rings (SSSR count). The predicted octanol–water partition coefficient (Wildman–Crippen LogP) is 4.53. The Morgan fingerprint density at radius 1 is 1.03 bits per heavy atom. The van der Waals surface area contributed by atoms with Crippen molar-refractivity contribution < 1.29 is 27.5 Å². The number of benzene rings is 2. The Balaban J connectivity index is 1.59. The minimum absolute atomic E-state index is 0.344. The van der Waals surface area contributed by atoms with Gasteiger partial charge in [0.1, 0.15) is 17.5 Å². The number of halogens is 3. The highest BCUT2D eigenvalue weighted by atomic mass is 19.4. The molecule has 0 aliphatic carbocycles. The number of para-hydroxylation sites is 1. The van der Waals surface area contributed by atoms with Crippen molar-refractivity contribution in [1.29, 1.82) is 0 Å². The standard InChI is InChI=1S/C21H19F3N2O3/c22-21(23,24)19(27)12-14-26-13-4-7-18(26)20(28)25-15-8-10-17(11-9-15)29-16-5-2-1-3-6-16/h1-3,5-6,8-12,14,18H,4,7,13H2,(H,25,28)/b14-12+. The molecule has 5 nitrogen and oxygen atoms in total. The third-order valence-electron chi connectivity index (χ3n) is 4.39. The summed E-state index contributed by atoms with van der Waals surface area (Å²) in [6.45, 7) is 0.406. The number of allylic oxidation sites excluding steroid dienone is 1. The first kappa shape index (κ1) is 20.4. The molecule has 2 aromatic carbocycles. The summed E-state index contributed by atoms with van der Waals surface area (Å²) in [5.74, 6) is -1.00. The van der Waals surface area contributed by atoms with Crippen molar-refractivity contribution in [3.8, 4) is 11.5 Å². The summed E-state index contributed by atoms with van der Waals surface area (Å²) < 4.78 is 42.7. The van der Waals surface area contributed by atoms with Gasteiger partial charge >= 0.3 is 6.18 Å². The van der Waals surface area contributed by atoms with Gasteiger partial charge in [-0.05, 0) is 49.2 Å². The molecular formula is C21H19F3N2O3. The Bertz CT molecular complexity index is 880. The summed E-state index contributed by atoms with van der Waals surface area (Å²) in [4.78, 5) is 25.0. The zero-order valence-electron chi connectivity index (χ0n) is 15.4. The average Bonchev–Trinajstić information content (AvgIpc) is 3.16. The van der Waals surface area contributed by atoms with Crippen LogP contribution in [0.15, 0.2) is 66.9 Å². The van der Waals surface area contributed by atoms with E-state index in [0.717, 1.165) is 6.20 Å². The number of alkyl halides is 3. The van der Waals surface area contributed by atoms with Crippen molar-refractivity contribution >= 4 is 17.4 Å². The number of amides is 1. The van der Waals surface area contributed by atoms with Gasteiger partial charge < -0.3 is 15.0 Å². The SMILES string of the molecule is O=C(Nc1ccc(Oc2ccccc2)cc1)C1CCCN1/C=C/C(=O)C(F)(F)F. The van der Waals surface area contributed by atoms with E-state index in [2.05, 4.69) is 5.32 Å². The van der Waals surface area contributed by atoms with Crippen LogP contribution in [0.3, 0.4) is 0 Å². The van der Waals surface area contributed by atoms with E-state index in [1.165, 1.54) is 4.90 Å². The second-order valence-corrected chi connectivity index (χ2v) is 6.50. The van der Waals surface area contributed by atoms with Gasteiger partial charge in [0.15, 0.2) is 0 Å². The smallest absolute Gasteiger partial charge is 0.454 e. The van der Waals surface area contributed by atoms with Gasteiger partial charge in [-0.1, -0.05) is 18.2 Å². The van der Waals surface area contributed by atoms with Gasteiger partial charge in [-0.2, -0.15) is 13.2 Å². The molecule has 0 spiro atoms. The second kappa shape index (κ2) is 8.81. The number of nitrogens with zero attached hydrogens (tertiary/aromatic N) is 1. The second-order valence-electron chi connectivity index (χ2n) is 6.50. The van der Waals surface area contributed by atoms with Gasteiger partial charge in [0.05, 0.1) is 0 Å². The molecule has 2 aromatic rings. The highest BCUT2D eigenvalue weighted by Gasteiger charge is 2.37. The number of nitrogens with one attached hydrogen (secondary N) is 1. The van der Waals surface area contributed by atoms with Crippen LogP contribution < -0.4 is 10.1 Å². The van der Waals surface area contributed by atoms with Crippen LogP contribution in [0.2, 0.25) is 0 Å². The van der Waals surface area contributed by atoms with E-state index >= 15 is 0 Å². The maximum Gasteiger partial charge on any atom is 0.454 e. The lowest BCUT2D eigenvalue weighted by molar-refractivity contribution is -0.165. The number of hydrogen-bond donors (Lipinski definition) is 1. The maximum atomic E-state index is 12.5. The van der Waals surface area contributed by atoms with Gasteiger partial charge in [-0.25, -0.2) is 0 Å². The molecular weight excluding hydrogens is 385 g/mol. The fourth-order valence-electron chi connectivity index (χ4n) is 2.96. The quantitative estimate of drug-likeness (QED) is 0.719. The number of carbonyl (C=O) groups excluding carboxylic acids is 2. The Hall–Kier alpha value is -3.29. The van der Waals surface area contributed by atoms with Gasteiger partial charge in [-0.15, -0.1) is 0 Å². The number of hydrogen-bond acceptors (Lipinski definition) is 4. The van der Waals surface area contributed by atoms with E-state index in [9.17, 15) is 22.8 Å². The first-order valence-corrected chi connectivity index (χ1v) is 9.02. The lowest BCUT2D eigenvalue weighted by Gasteiger charge is -2.22. The lowest BCUT2D eigenvalue weighted by atomic mass is 10.2. The zero-order valence-corrected chi connectivity index (χ0v) is 15.4. The number of rotatable bonds is 6. The van der Waals surface area contributed by atoms with Crippen LogP contribution in [-0.2, 0) is 9.59 Å². The molecule has 1 unspecified atom stereocenters. The van der Waals surface area contributed by atoms with Gasteiger partial charge in [0.2, 0.25) is 5.91 Å². The molecule has 1 heterocycles. The number of likely N-dealkylation sites (tertiary alicyclic amines) is 1. The van der Waals surface area contributed by atoms with Crippen molar-refractivity contribution in [3.05, 3.63) is 66.9 Å². The van der Waals surface area contributed by atoms with E-state index in [1.54, 1.807) is 24.3 Å². The van der Waals surface area contributed by atoms with Crippen LogP contribution in [0.1, 0.15) is 12.8 Å². The van der Waals surface area contributed by atoms with Crippen LogP contribution in [0.25, 0.3) is 0 Å². The minimum atomic E-state index is -4.92. The summed E-state index contributed by atoms with van der Waals surface area (Å²) in [5.41, 5.74) is 0.539. The van der Waals surface area contributed by atoms with E-state index in [0.29, 0.717) is 42.6 Å². The zero-order chi connectivity index (χ0) is 20.9. The summed E-state index contributed by atoms with van der Waals surface area (Å²) in [5, 5.41) is 2.75. The fraction of sp³-hybridized carbons (Fsp3) is 0.238. The molecule has 0 radical (unpaired) electrons. The van der Waals surface area contributed by atoms with Crippen LogP contribution in [0.5, 0.6) is 11.5 Å². The number of ether oxygens (including phenoxy) is 1. The topological polar surface area (TPSA) is 58.6 Å². The number of carbonyl (C=O) groups is 2. The molecule has 0 bridgehead atoms. The number of anilines is 1. The van der Waals surface area contributed by atoms with E-state index < -0.39 is 18.0 Å². The molecule has 1 saturated heterocycles. The molecule has 8 heteroatoms. The van der Waals surface area contributed by atoms with Gasteiger partial charge in [0, 0.05) is 24.5 Å². The molecule has 1 N–H and O–H groups in total. The van der Waals surface area contributed by atoms with E-state index in [1.807, 2.05) is 30.3 Å². The van der Waals surface area contributed by atoms with Crippen molar-refractivity contribution in [2.45, 2.75) is 25.1 Å². The molecule has 1 fully saturated rings. The third-order valence-corrected chi connectivity index (χ3v) is 4.39. The van der Waals surface area contributed by atoms with Crippen LogP contribution in [0.4, 0.5) is 18.9 Å². The molecule has 1 aliphatic rings. The van der Waals surface area contributed by atoms with E-state index in [-0.39, 0.29) is 5.91 Å². The molecule has 0 saturated carbocycles. The Morgan fingerprint density at radius 3 is 2.34 bits per heavy atom. The molecule has 1 amide bonds. The maximum absolute atomic E-state index is 12.5. The van der Waals surface area contributed by atoms with Crippen LogP contribution in [-0.4, -0.2) is 35.4 Å². The van der Waals surface area contributed by atoms with Gasteiger partial charge in [0.25, 0.3) is 5.78 Å². The average molecular weight is 404 g/mol. The summed E-state index contributed by atoms with van der Waals surface area (Å²) in [7, 11) is 0. The predicted molar refractivity (Wildman–Crippen MR) is 102 cm³/mol. The Morgan fingerprint density at radius 2 is 1.69 bits per heavy atom. The highest BCUT2D eigenvalue weighted by Crippen LogP contribution is 2.24. The minimum Gasteiger partial charge on any atom is -0.457 e. The molecule has 1 aliphatic heterocycles. The van der Waals surface area contributed by atoms with E-state index in [4.69, 9.17) is 4.74 Å². The third kappa shape index (κ3) is 5.60. The highest BCUT2D eigenvalue weighted by molar-refractivity contribution is 5.96. The van der Waals surface area contributed by atoms with Crippen molar-refractivity contribution in [1.82, 2.24) is 4.90 Å². The fourth-order valence-corrected chi connectivity index (χ4v) is 2.96. The first-order valence-electron chi connectivity index (χ1n) is 9.02. The van der Waals surface area contributed by atoms with Crippen LogP contribution in [0, 0.1) is 0 Å². The molecule has 1 atom stereocenters. The van der Waals surface area contributed by atoms with Crippen molar-refractivity contribution in [2.75, 3.05) is 11.9 Å².